The molecule has 1 amide bonds. The number of hydrogen-bond donors (Lipinski definition) is 1. The molecule has 8 heteroatoms. The molecule has 0 unspecified atom stereocenters. The summed E-state index contributed by atoms with van der Waals surface area (Å²) < 4.78 is 28.6. The molecule has 3 rings (SSSR count). The van der Waals surface area contributed by atoms with Crippen LogP contribution in [-0.2, 0) is 16.1 Å². The van der Waals surface area contributed by atoms with Crippen molar-refractivity contribution in [2.45, 2.75) is 6.54 Å². The van der Waals surface area contributed by atoms with Crippen molar-refractivity contribution < 1.29 is 23.5 Å². The first-order chi connectivity index (χ1) is 13.8. The van der Waals surface area contributed by atoms with Crippen LogP contribution in [-0.4, -0.2) is 28.6 Å². The molecule has 0 atom stereocenters. The van der Waals surface area contributed by atoms with Crippen LogP contribution >= 0.6 is 0 Å². The molecule has 0 radical (unpaired) electrons. The number of benzene rings is 2. The highest BCUT2D eigenvalue weighted by atomic mass is 19.1. The Bertz CT molecular complexity index is 1190. The number of fused-ring (bicyclic) bond motifs is 1. The molecule has 1 N–H and O–H groups in total. The molecular formula is C21H15F2N3O3. The zero-order valence-corrected chi connectivity index (χ0v) is 15.3. The number of hydrogen-bond acceptors (Lipinski definition) is 3. The summed E-state index contributed by atoms with van der Waals surface area (Å²) in [6.07, 6.45) is 2.85. The summed E-state index contributed by atoms with van der Waals surface area (Å²) in [5.74, 6) is -3.54. The van der Waals surface area contributed by atoms with Gasteiger partial charge in [0, 0.05) is 35.8 Å². The van der Waals surface area contributed by atoms with Crippen molar-refractivity contribution in [3.05, 3.63) is 71.4 Å². The standard InChI is InChI=1S/C21H15F2N3O3/c1-25(19-7-6-15(22)9-17(19)23)21(29)13(10-24)8-14-11-26(12-20(27)28)18-5-3-2-4-16(14)18/h2-9,11H,12H2,1H3,(H,27,28)/b13-8+. The van der Waals surface area contributed by atoms with E-state index in [0.717, 1.165) is 17.0 Å². The van der Waals surface area contributed by atoms with E-state index in [1.54, 1.807) is 30.3 Å². The molecule has 0 bridgehead atoms. The van der Waals surface area contributed by atoms with E-state index in [0.29, 0.717) is 22.5 Å². The minimum absolute atomic E-state index is 0.175. The SMILES string of the molecule is CN(C(=O)/C(C#N)=C/c1cn(CC(=O)O)c2ccccc12)c1ccc(F)cc1F. The molecule has 0 aliphatic heterocycles. The normalized spacial score (nSPS) is 11.3. The third-order valence-electron chi connectivity index (χ3n) is 4.35. The molecule has 3 aromatic rings. The van der Waals surface area contributed by atoms with Crippen LogP contribution in [0.15, 0.2) is 54.2 Å². The van der Waals surface area contributed by atoms with Gasteiger partial charge in [-0.2, -0.15) is 5.26 Å². The molecule has 6 nitrogen and oxygen atoms in total. The Balaban J connectivity index is 2.03. The van der Waals surface area contributed by atoms with E-state index >= 15 is 0 Å². The fourth-order valence-corrected chi connectivity index (χ4v) is 3.01. The minimum atomic E-state index is -1.04. The monoisotopic (exact) mass is 395 g/mol. The summed E-state index contributed by atoms with van der Waals surface area (Å²) in [5.41, 5.74) is 0.642. The lowest BCUT2D eigenvalue weighted by atomic mass is 10.1. The number of anilines is 1. The van der Waals surface area contributed by atoms with E-state index in [4.69, 9.17) is 5.11 Å². The summed E-state index contributed by atoms with van der Waals surface area (Å²) in [6.45, 7) is -0.287. The summed E-state index contributed by atoms with van der Waals surface area (Å²) >= 11 is 0. The van der Waals surface area contributed by atoms with Gasteiger partial charge in [0.25, 0.3) is 5.91 Å². The fraction of sp³-hybridized carbons (Fsp3) is 0.0952. The van der Waals surface area contributed by atoms with Gasteiger partial charge in [-0.15, -0.1) is 0 Å². The number of aromatic nitrogens is 1. The molecule has 0 fully saturated rings. The van der Waals surface area contributed by atoms with E-state index in [-0.39, 0.29) is 17.8 Å². The average Bonchev–Trinajstić information content (AvgIpc) is 3.02. The van der Waals surface area contributed by atoms with Crippen LogP contribution in [0, 0.1) is 23.0 Å². The van der Waals surface area contributed by atoms with Gasteiger partial charge in [0.05, 0.1) is 5.69 Å². The Morgan fingerprint density at radius 2 is 1.97 bits per heavy atom. The number of aliphatic carboxylic acids is 1. The summed E-state index contributed by atoms with van der Waals surface area (Å²) in [6, 6.07) is 11.5. The van der Waals surface area contributed by atoms with Crippen molar-refractivity contribution in [1.29, 1.82) is 5.26 Å². The number of carbonyl (C=O) groups excluding carboxylic acids is 1. The Morgan fingerprint density at radius 3 is 2.62 bits per heavy atom. The molecule has 1 aromatic heterocycles. The van der Waals surface area contributed by atoms with Crippen LogP contribution in [0.25, 0.3) is 17.0 Å². The van der Waals surface area contributed by atoms with E-state index < -0.39 is 23.5 Å². The van der Waals surface area contributed by atoms with E-state index in [9.17, 15) is 23.6 Å². The molecule has 29 heavy (non-hydrogen) atoms. The van der Waals surface area contributed by atoms with Gasteiger partial charge in [0.2, 0.25) is 0 Å². The number of amides is 1. The smallest absolute Gasteiger partial charge is 0.323 e. The highest BCUT2D eigenvalue weighted by Gasteiger charge is 2.20. The van der Waals surface area contributed by atoms with Crippen LogP contribution in [0.1, 0.15) is 5.56 Å². The molecule has 0 aliphatic carbocycles. The molecule has 0 saturated heterocycles. The second-order valence-electron chi connectivity index (χ2n) is 6.25. The van der Waals surface area contributed by atoms with Gasteiger partial charge in [-0.05, 0) is 24.3 Å². The highest BCUT2D eigenvalue weighted by Crippen LogP contribution is 2.25. The van der Waals surface area contributed by atoms with Crippen LogP contribution in [0.2, 0.25) is 0 Å². The Kier molecular flexibility index (Phi) is 5.41. The lowest BCUT2D eigenvalue weighted by Crippen LogP contribution is -2.28. The van der Waals surface area contributed by atoms with Crippen molar-refractivity contribution >= 4 is 34.5 Å². The Hall–Kier alpha value is -3.99. The first-order valence-corrected chi connectivity index (χ1v) is 8.46. The number of nitrogens with zero attached hydrogens (tertiary/aromatic N) is 3. The predicted octanol–water partition coefficient (Wildman–Crippen LogP) is 3.57. The van der Waals surface area contributed by atoms with Gasteiger partial charge < -0.3 is 14.6 Å². The zero-order valence-electron chi connectivity index (χ0n) is 15.3. The molecule has 146 valence electrons. The number of likely N-dealkylation sites (N-methyl/N-ethyl adjacent to an activating group) is 1. The van der Waals surface area contributed by atoms with Crippen LogP contribution in [0.5, 0.6) is 0 Å². The Labute approximate surface area is 164 Å². The van der Waals surface area contributed by atoms with Gasteiger partial charge >= 0.3 is 5.97 Å². The molecular weight excluding hydrogens is 380 g/mol. The van der Waals surface area contributed by atoms with E-state index in [2.05, 4.69) is 0 Å². The largest absolute Gasteiger partial charge is 0.480 e. The summed E-state index contributed by atoms with van der Waals surface area (Å²) in [5, 5.41) is 19.2. The third kappa shape index (κ3) is 3.99. The number of rotatable bonds is 5. The molecule has 0 spiro atoms. The number of halogens is 2. The number of carboxylic acid groups (broad SMARTS) is 1. The van der Waals surface area contributed by atoms with Crippen LogP contribution in [0.4, 0.5) is 14.5 Å². The van der Waals surface area contributed by atoms with Crippen molar-refractivity contribution in [3.63, 3.8) is 0 Å². The van der Waals surface area contributed by atoms with Crippen molar-refractivity contribution in [3.8, 4) is 6.07 Å². The quantitative estimate of drug-likeness (QED) is 0.529. The topological polar surface area (TPSA) is 86.3 Å². The maximum absolute atomic E-state index is 14.0. The number of carbonyl (C=O) groups is 2. The second-order valence-corrected chi connectivity index (χ2v) is 6.25. The van der Waals surface area contributed by atoms with Crippen LogP contribution in [0.3, 0.4) is 0 Å². The number of nitriles is 1. The molecule has 2 aromatic carbocycles. The van der Waals surface area contributed by atoms with Crippen molar-refractivity contribution in [2.24, 2.45) is 0 Å². The number of para-hydroxylation sites is 1. The van der Waals surface area contributed by atoms with Crippen molar-refractivity contribution in [2.75, 3.05) is 11.9 Å². The molecule has 1 heterocycles. The van der Waals surface area contributed by atoms with Gasteiger partial charge in [-0.3, -0.25) is 9.59 Å². The first kappa shape index (κ1) is 19.8. The average molecular weight is 395 g/mol. The predicted molar refractivity (Wildman–Crippen MR) is 103 cm³/mol. The van der Waals surface area contributed by atoms with Gasteiger partial charge in [-0.1, -0.05) is 18.2 Å². The van der Waals surface area contributed by atoms with Gasteiger partial charge in [-0.25, -0.2) is 8.78 Å². The first-order valence-electron chi connectivity index (χ1n) is 8.46. The Morgan fingerprint density at radius 1 is 1.24 bits per heavy atom. The van der Waals surface area contributed by atoms with Gasteiger partial charge in [0.15, 0.2) is 0 Å². The molecule has 0 saturated carbocycles. The van der Waals surface area contributed by atoms with Crippen LogP contribution < -0.4 is 4.90 Å². The lowest BCUT2D eigenvalue weighted by molar-refractivity contribution is -0.137. The maximum atomic E-state index is 14.0. The highest BCUT2D eigenvalue weighted by molar-refractivity contribution is 6.12. The van der Waals surface area contributed by atoms with E-state index in [1.165, 1.54) is 23.9 Å². The minimum Gasteiger partial charge on any atom is -0.480 e. The second kappa shape index (κ2) is 7.94. The fourth-order valence-electron chi connectivity index (χ4n) is 3.01. The van der Waals surface area contributed by atoms with Gasteiger partial charge in [0.1, 0.15) is 29.8 Å². The third-order valence-corrected chi connectivity index (χ3v) is 4.35. The zero-order chi connectivity index (χ0) is 21.1. The van der Waals surface area contributed by atoms with E-state index in [1.807, 2.05) is 0 Å². The number of carboxylic acids is 1. The molecule has 0 aliphatic rings. The summed E-state index contributed by atoms with van der Waals surface area (Å²) in [4.78, 5) is 24.7. The van der Waals surface area contributed by atoms with Crippen molar-refractivity contribution in [1.82, 2.24) is 4.57 Å². The lowest BCUT2D eigenvalue weighted by Gasteiger charge is -2.17. The summed E-state index contributed by atoms with van der Waals surface area (Å²) in [7, 11) is 1.28. The maximum Gasteiger partial charge on any atom is 0.323 e.